The molecule has 0 aliphatic carbocycles. The number of amides is 1. The molecular formula is C14H17F3N2O2. The van der Waals surface area contributed by atoms with Crippen molar-refractivity contribution in [2.75, 3.05) is 26.2 Å². The highest BCUT2D eigenvalue weighted by Crippen LogP contribution is 2.26. The topological polar surface area (TPSA) is 55.6 Å². The van der Waals surface area contributed by atoms with Crippen LogP contribution in [-0.2, 0) is 11.2 Å². The van der Waals surface area contributed by atoms with Crippen LogP contribution < -0.4 is 5.73 Å². The lowest BCUT2D eigenvalue weighted by Crippen LogP contribution is -2.51. The van der Waals surface area contributed by atoms with Crippen molar-refractivity contribution in [2.24, 2.45) is 5.73 Å². The second-order valence-electron chi connectivity index (χ2n) is 4.89. The van der Waals surface area contributed by atoms with Crippen molar-refractivity contribution < 1.29 is 22.7 Å². The van der Waals surface area contributed by atoms with Crippen LogP contribution in [-0.4, -0.2) is 49.3 Å². The molecule has 2 N–H and O–H groups in total. The number of benzene rings is 1. The number of alkyl halides is 3. The standard InChI is InChI=1S/C14H17F3N2O2/c15-14(16,17)12-9-19(7-8-21-12)13(20)11-3-1-10(2-4-11)5-6-18/h1-4,12H,5-9,18H2/t12-/m1/s1. The minimum Gasteiger partial charge on any atom is -0.365 e. The Balaban J connectivity index is 2.05. The van der Waals surface area contributed by atoms with E-state index in [2.05, 4.69) is 4.74 Å². The molecule has 0 radical (unpaired) electrons. The van der Waals surface area contributed by atoms with Gasteiger partial charge < -0.3 is 15.4 Å². The summed E-state index contributed by atoms with van der Waals surface area (Å²) in [5.74, 6) is -0.410. The summed E-state index contributed by atoms with van der Waals surface area (Å²) < 4.78 is 42.6. The Morgan fingerprint density at radius 2 is 2.00 bits per heavy atom. The molecule has 7 heteroatoms. The number of nitrogens with zero attached hydrogens (tertiary/aromatic N) is 1. The summed E-state index contributed by atoms with van der Waals surface area (Å²) in [6, 6.07) is 6.76. The highest BCUT2D eigenvalue weighted by atomic mass is 19.4. The molecule has 1 atom stereocenters. The van der Waals surface area contributed by atoms with Crippen LogP contribution in [0.5, 0.6) is 0 Å². The lowest BCUT2D eigenvalue weighted by molar-refractivity contribution is -0.233. The number of carbonyl (C=O) groups is 1. The molecule has 0 unspecified atom stereocenters. The zero-order valence-corrected chi connectivity index (χ0v) is 11.4. The number of hydrogen-bond acceptors (Lipinski definition) is 3. The zero-order valence-electron chi connectivity index (χ0n) is 11.4. The van der Waals surface area contributed by atoms with E-state index >= 15 is 0 Å². The van der Waals surface area contributed by atoms with Gasteiger partial charge in [-0.15, -0.1) is 0 Å². The lowest BCUT2D eigenvalue weighted by Gasteiger charge is -2.33. The van der Waals surface area contributed by atoms with Crippen LogP contribution in [0.4, 0.5) is 13.2 Å². The van der Waals surface area contributed by atoms with Gasteiger partial charge in [0.15, 0.2) is 6.10 Å². The van der Waals surface area contributed by atoms with Crippen LogP contribution in [0.2, 0.25) is 0 Å². The molecule has 0 saturated carbocycles. The number of halogens is 3. The van der Waals surface area contributed by atoms with Gasteiger partial charge in [0.2, 0.25) is 0 Å². The molecule has 2 rings (SSSR count). The van der Waals surface area contributed by atoms with E-state index in [0.29, 0.717) is 18.5 Å². The minimum absolute atomic E-state index is 0.110. The van der Waals surface area contributed by atoms with Crippen molar-refractivity contribution in [1.82, 2.24) is 4.90 Å². The summed E-state index contributed by atoms with van der Waals surface area (Å²) in [5, 5.41) is 0. The quantitative estimate of drug-likeness (QED) is 0.922. The van der Waals surface area contributed by atoms with E-state index in [4.69, 9.17) is 5.73 Å². The smallest absolute Gasteiger partial charge is 0.365 e. The van der Waals surface area contributed by atoms with Gasteiger partial charge in [-0.05, 0) is 30.7 Å². The third-order valence-corrected chi connectivity index (χ3v) is 3.35. The number of hydrogen-bond donors (Lipinski definition) is 1. The highest BCUT2D eigenvalue weighted by Gasteiger charge is 2.44. The fraction of sp³-hybridized carbons (Fsp3) is 0.500. The first-order valence-corrected chi connectivity index (χ1v) is 6.68. The third kappa shape index (κ3) is 3.95. The molecule has 1 aliphatic heterocycles. The Morgan fingerprint density at radius 1 is 1.33 bits per heavy atom. The van der Waals surface area contributed by atoms with Crippen molar-refractivity contribution in [3.63, 3.8) is 0 Å². The zero-order chi connectivity index (χ0) is 15.5. The molecular weight excluding hydrogens is 285 g/mol. The summed E-state index contributed by atoms with van der Waals surface area (Å²) in [5.41, 5.74) is 6.80. The van der Waals surface area contributed by atoms with Gasteiger partial charge in [-0.2, -0.15) is 13.2 Å². The molecule has 0 spiro atoms. The molecule has 0 bridgehead atoms. The average Bonchev–Trinajstić information content (AvgIpc) is 2.47. The SMILES string of the molecule is NCCc1ccc(C(=O)N2CCO[C@@H](C(F)(F)F)C2)cc1. The number of nitrogens with two attached hydrogens (primary N) is 1. The number of carbonyl (C=O) groups excluding carboxylic acids is 1. The van der Waals surface area contributed by atoms with E-state index < -0.39 is 24.7 Å². The third-order valence-electron chi connectivity index (χ3n) is 3.35. The maximum absolute atomic E-state index is 12.6. The summed E-state index contributed by atoms with van der Waals surface area (Å²) in [7, 11) is 0. The summed E-state index contributed by atoms with van der Waals surface area (Å²) in [6.45, 7) is 0.0913. The van der Waals surface area contributed by atoms with E-state index in [9.17, 15) is 18.0 Å². The predicted octanol–water partition coefficient (Wildman–Crippen LogP) is 1.59. The van der Waals surface area contributed by atoms with Crippen LogP contribution in [0.1, 0.15) is 15.9 Å². The summed E-state index contributed by atoms with van der Waals surface area (Å²) in [6.07, 6.45) is -5.67. The summed E-state index contributed by atoms with van der Waals surface area (Å²) in [4.78, 5) is 13.4. The number of ether oxygens (including phenoxy) is 1. The van der Waals surface area contributed by atoms with Gasteiger partial charge in [-0.1, -0.05) is 12.1 Å². The Morgan fingerprint density at radius 3 is 2.57 bits per heavy atom. The van der Waals surface area contributed by atoms with Crippen molar-refractivity contribution >= 4 is 5.91 Å². The van der Waals surface area contributed by atoms with E-state index in [0.717, 1.165) is 5.56 Å². The first kappa shape index (κ1) is 15.8. The van der Waals surface area contributed by atoms with Crippen LogP contribution in [0.15, 0.2) is 24.3 Å². The van der Waals surface area contributed by atoms with Gasteiger partial charge in [0.1, 0.15) is 0 Å². The molecule has 1 saturated heterocycles. The van der Waals surface area contributed by atoms with Crippen molar-refractivity contribution in [1.29, 1.82) is 0 Å². The Bertz CT molecular complexity index is 488. The lowest BCUT2D eigenvalue weighted by atomic mass is 10.1. The van der Waals surface area contributed by atoms with Gasteiger partial charge >= 0.3 is 6.18 Å². The average molecular weight is 302 g/mol. The molecule has 1 heterocycles. The van der Waals surface area contributed by atoms with Gasteiger partial charge in [0.05, 0.1) is 13.2 Å². The largest absolute Gasteiger partial charge is 0.416 e. The fourth-order valence-corrected chi connectivity index (χ4v) is 2.20. The maximum atomic E-state index is 12.6. The molecule has 116 valence electrons. The number of morpholine rings is 1. The Labute approximate surface area is 120 Å². The molecule has 1 amide bonds. The monoisotopic (exact) mass is 302 g/mol. The maximum Gasteiger partial charge on any atom is 0.416 e. The van der Waals surface area contributed by atoms with Gasteiger partial charge in [-0.3, -0.25) is 4.79 Å². The van der Waals surface area contributed by atoms with Crippen molar-refractivity contribution in [3.8, 4) is 0 Å². The molecule has 1 aliphatic rings. The van der Waals surface area contributed by atoms with E-state index in [1.54, 1.807) is 24.3 Å². The summed E-state index contributed by atoms with van der Waals surface area (Å²) >= 11 is 0. The van der Waals surface area contributed by atoms with Crippen molar-refractivity contribution in [3.05, 3.63) is 35.4 Å². The van der Waals surface area contributed by atoms with Crippen LogP contribution >= 0.6 is 0 Å². The highest BCUT2D eigenvalue weighted by molar-refractivity contribution is 5.94. The Hall–Kier alpha value is -1.60. The van der Waals surface area contributed by atoms with E-state index in [1.165, 1.54) is 4.90 Å². The van der Waals surface area contributed by atoms with Crippen LogP contribution in [0, 0.1) is 0 Å². The second-order valence-corrected chi connectivity index (χ2v) is 4.89. The molecule has 1 fully saturated rings. The van der Waals surface area contributed by atoms with Crippen molar-refractivity contribution in [2.45, 2.75) is 18.7 Å². The molecule has 4 nitrogen and oxygen atoms in total. The van der Waals surface area contributed by atoms with Gasteiger partial charge in [0.25, 0.3) is 5.91 Å². The minimum atomic E-state index is -4.45. The predicted molar refractivity (Wildman–Crippen MR) is 70.9 cm³/mol. The van der Waals surface area contributed by atoms with Gasteiger partial charge in [-0.25, -0.2) is 0 Å². The van der Waals surface area contributed by atoms with E-state index in [1.807, 2.05) is 0 Å². The number of rotatable bonds is 3. The molecule has 21 heavy (non-hydrogen) atoms. The van der Waals surface area contributed by atoms with Crippen LogP contribution in [0.3, 0.4) is 0 Å². The first-order valence-electron chi connectivity index (χ1n) is 6.68. The Kier molecular flexibility index (Phi) is 4.84. The molecule has 1 aromatic rings. The van der Waals surface area contributed by atoms with E-state index in [-0.39, 0.29) is 13.2 Å². The second kappa shape index (κ2) is 6.44. The fourth-order valence-electron chi connectivity index (χ4n) is 2.20. The molecule has 1 aromatic carbocycles. The van der Waals surface area contributed by atoms with Crippen LogP contribution in [0.25, 0.3) is 0 Å². The molecule has 0 aromatic heterocycles. The normalized spacial score (nSPS) is 19.6. The first-order chi connectivity index (χ1) is 9.91. The van der Waals surface area contributed by atoms with Gasteiger partial charge in [0, 0.05) is 12.1 Å².